The Labute approximate surface area is 109 Å². The van der Waals surface area contributed by atoms with E-state index in [1.54, 1.807) is 12.1 Å². The van der Waals surface area contributed by atoms with Gasteiger partial charge in [-0.05, 0) is 57.5 Å². The van der Waals surface area contributed by atoms with Crippen LogP contribution in [0.1, 0.15) is 31.2 Å². The fraction of sp³-hybridized carbons (Fsp3) is 0.600. The molecule has 1 unspecified atom stereocenters. The van der Waals surface area contributed by atoms with Crippen LogP contribution < -0.4 is 5.32 Å². The van der Waals surface area contributed by atoms with Crippen molar-refractivity contribution in [3.63, 3.8) is 0 Å². The third-order valence-electron chi connectivity index (χ3n) is 3.62. The smallest absolute Gasteiger partial charge is 0.123 e. The standard InChI is InChI=1S/C15H23FN2/c1-11(10-18(2)3)17-15-8-13(9-15)12-5-4-6-14(16)7-12/h4-7,11,13,15,17H,8-10H2,1-3H3. The first-order chi connectivity index (χ1) is 8.54. The minimum atomic E-state index is -0.120. The molecule has 0 aliphatic heterocycles. The lowest BCUT2D eigenvalue weighted by Gasteiger charge is -2.38. The van der Waals surface area contributed by atoms with Crippen molar-refractivity contribution in [1.29, 1.82) is 0 Å². The number of rotatable bonds is 5. The highest BCUT2D eigenvalue weighted by atomic mass is 19.1. The first-order valence-electron chi connectivity index (χ1n) is 6.71. The van der Waals surface area contributed by atoms with Gasteiger partial charge in [-0.15, -0.1) is 0 Å². The lowest BCUT2D eigenvalue weighted by atomic mass is 9.75. The normalized spacial score (nSPS) is 24.9. The second kappa shape index (κ2) is 5.81. The van der Waals surface area contributed by atoms with Gasteiger partial charge in [-0.1, -0.05) is 12.1 Å². The molecule has 1 atom stereocenters. The molecule has 2 rings (SSSR count). The van der Waals surface area contributed by atoms with Gasteiger partial charge in [0.2, 0.25) is 0 Å². The first-order valence-corrected chi connectivity index (χ1v) is 6.71. The van der Waals surface area contributed by atoms with Crippen molar-refractivity contribution < 1.29 is 4.39 Å². The Morgan fingerprint density at radius 2 is 2.11 bits per heavy atom. The molecule has 3 heteroatoms. The predicted molar refractivity (Wildman–Crippen MR) is 73.3 cm³/mol. The van der Waals surface area contributed by atoms with Gasteiger partial charge in [0.15, 0.2) is 0 Å². The number of halogens is 1. The van der Waals surface area contributed by atoms with Crippen LogP contribution in [0.2, 0.25) is 0 Å². The SMILES string of the molecule is CC(CN(C)C)NC1CC(c2cccc(F)c2)C1. The molecule has 2 nitrogen and oxygen atoms in total. The second-order valence-electron chi connectivity index (χ2n) is 5.75. The minimum absolute atomic E-state index is 0.120. The zero-order chi connectivity index (χ0) is 13.1. The Morgan fingerprint density at radius 1 is 1.39 bits per heavy atom. The van der Waals surface area contributed by atoms with Crippen LogP contribution in [0.15, 0.2) is 24.3 Å². The van der Waals surface area contributed by atoms with Gasteiger partial charge in [0.05, 0.1) is 0 Å². The van der Waals surface area contributed by atoms with Crippen molar-refractivity contribution in [2.24, 2.45) is 0 Å². The number of nitrogens with one attached hydrogen (secondary N) is 1. The largest absolute Gasteiger partial charge is 0.310 e. The highest BCUT2D eigenvalue weighted by Crippen LogP contribution is 2.37. The summed E-state index contributed by atoms with van der Waals surface area (Å²) in [5, 5.41) is 3.63. The highest BCUT2D eigenvalue weighted by molar-refractivity contribution is 5.23. The van der Waals surface area contributed by atoms with Crippen molar-refractivity contribution in [2.75, 3.05) is 20.6 Å². The fourth-order valence-electron chi connectivity index (χ4n) is 2.79. The summed E-state index contributed by atoms with van der Waals surface area (Å²) in [5.41, 5.74) is 1.15. The summed E-state index contributed by atoms with van der Waals surface area (Å²) in [6.07, 6.45) is 2.25. The molecule has 18 heavy (non-hydrogen) atoms. The molecule has 100 valence electrons. The molecule has 1 aliphatic carbocycles. The summed E-state index contributed by atoms with van der Waals surface area (Å²) < 4.78 is 13.1. The van der Waals surface area contributed by atoms with Gasteiger partial charge >= 0.3 is 0 Å². The van der Waals surface area contributed by atoms with Crippen LogP contribution in [0.25, 0.3) is 0 Å². The Hall–Kier alpha value is -0.930. The summed E-state index contributed by atoms with van der Waals surface area (Å²) in [6, 6.07) is 8.13. The van der Waals surface area contributed by atoms with E-state index in [1.165, 1.54) is 6.07 Å². The quantitative estimate of drug-likeness (QED) is 0.864. The van der Waals surface area contributed by atoms with Gasteiger partial charge in [-0.25, -0.2) is 4.39 Å². The molecule has 1 saturated carbocycles. The van der Waals surface area contributed by atoms with E-state index in [-0.39, 0.29) is 5.82 Å². The Kier molecular flexibility index (Phi) is 4.36. The van der Waals surface area contributed by atoms with E-state index < -0.39 is 0 Å². The van der Waals surface area contributed by atoms with Crippen molar-refractivity contribution in [3.8, 4) is 0 Å². The first kappa shape index (κ1) is 13.5. The van der Waals surface area contributed by atoms with Crippen LogP contribution in [-0.2, 0) is 0 Å². The third-order valence-corrected chi connectivity index (χ3v) is 3.62. The Balaban J connectivity index is 1.77. The van der Waals surface area contributed by atoms with Crippen LogP contribution in [0.5, 0.6) is 0 Å². The summed E-state index contributed by atoms with van der Waals surface area (Å²) in [6.45, 7) is 3.27. The molecule has 1 aliphatic rings. The molecule has 1 fully saturated rings. The van der Waals surface area contributed by atoms with Gasteiger partial charge < -0.3 is 10.2 Å². The molecule has 0 aromatic heterocycles. The zero-order valence-corrected chi connectivity index (χ0v) is 11.5. The topological polar surface area (TPSA) is 15.3 Å². The fourth-order valence-corrected chi connectivity index (χ4v) is 2.79. The molecule has 1 aromatic rings. The Bertz CT molecular complexity index is 386. The molecule has 1 N–H and O–H groups in total. The number of hydrogen-bond acceptors (Lipinski definition) is 2. The van der Waals surface area contributed by atoms with E-state index in [0.29, 0.717) is 18.0 Å². The van der Waals surface area contributed by atoms with E-state index in [2.05, 4.69) is 31.2 Å². The molecule has 0 amide bonds. The number of nitrogens with zero attached hydrogens (tertiary/aromatic N) is 1. The molecule has 0 bridgehead atoms. The van der Waals surface area contributed by atoms with Gasteiger partial charge in [0, 0.05) is 18.6 Å². The average molecular weight is 250 g/mol. The van der Waals surface area contributed by atoms with Gasteiger partial charge in [0.1, 0.15) is 5.82 Å². The van der Waals surface area contributed by atoms with Crippen molar-refractivity contribution in [3.05, 3.63) is 35.6 Å². The van der Waals surface area contributed by atoms with E-state index in [9.17, 15) is 4.39 Å². The van der Waals surface area contributed by atoms with Crippen LogP contribution in [0.3, 0.4) is 0 Å². The van der Waals surface area contributed by atoms with Gasteiger partial charge in [0.25, 0.3) is 0 Å². The lowest BCUT2D eigenvalue weighted by Crippen LogP contribution is -2.47. The molecule has 0 radical (unpaired) electrons. The molecular formula is C15H23FN2. The molecular weight excluding hydrogens is 227 g/mol. The van der Waals surface area contributed by atoms with Crippen LogP contribution >= 0.6 is 0 Å². The van der Waals surface area contributed by atoms with Crippen molar-refractivity contribution in [2.45, 2.75) is 37.8 Å². The van der Waals surface area contributed by atoms with E-state index in [1.807, 2.05) is 6.07 Å². The maximum absolute atomic E-state index is 13.1. The minimum Gasteiger partial charge on any atom is -0.310 e. The summed E-state index contributed by atoms with van der Waals surface area (Å²) in [7, 11) is 4.18. The lowest BCUT2D eigenvalue weighted by molar-refractivity contribution is 0.245. The van der Waals surface area contributed by atoms with E-state index in [0.717, 1.165) is 24.9 Å². The predicted octanol–water partition coefficient (Wildman–Crippen LogP) is 2.61. The molecule has 0 saturated heterocycles. The third kappa shape index (κ3) is 3.53. The monoisotopic (exact) mass is 250 g/mol. The van der Waals surface area contributed by atoms with Crippen molar-refractivity contribution in [1.82, 2.24) is 10.2 Å². The highest BCUT2D eigenvalue weighted by Gasteiger charge is 2.30. The van der Waals surface area contributed by atoms with Gasteiger partial charge in [-0.3, -0.25) is 0 Å². The second-order valence-corrected chi connectivity index (χ2v) is 5.75. The number of hydrogen-bond donors (Lipinski definition) is 1. The summed E-state index contributed by atoms with van der Waals surface area (Å²) >= 11 is 0. The molecule has 1 aromatic carbocycles. The van der Waals surface area contributed by atoms with Gasteiger partial charge in [-0.2, -0.15) is 0 Å². The molecule has 0 spiro atoms. The Morgan fingerprint density at radius 3 is 2.72 bits per heavy atom. The summed E-state index contributed by atoms with van der Waals surface area (Å²) in [5.74, 6) is 0.412. The van der Waals surface area contributed by atoms with E-state index >= 15 is 0 Å². The van der Waals surface area contributed by atoms with Crippen LogP contribution in [0, 0.1) is 5.82 Å². The zero-order valence-electron chi connectivity index (χ0n) is 11.5. The average Bonchev–Trinajstić information content (AvgIpc) is 2.21. The van der Waals surface area contributed by atoms with Crippen LogP contribution in [-0.4, -0.2) is 37.6 Å². The maximum Gasteiger partial charge on any atom is 0.123 e. The number of benzene rings is 1. The number of likely N-dealkylation sites (N-methyl/N-ethyl adjacent to an activating group) is 1. The summed E-state index contributed by atoms with van der Waals surface area (Å²) in [4.78, 5) is 2.19. The molecule has 0 heterocycles. The maximum atomic E-state index is 13.1. The van der Waals surface area contributed by atoms with Crippen molar-refractivity contribution >= 4 is 0 Å². The van der Waals surface area contributed by atoms with Crippen LogP contribution in [0.4, 0.5) is 4.39 Å². The van der Waals surface area contributed by atoms with E-state index in [4.69, 9.17) is 0 Å².